The highest BCUT2D eigenvalue weighted by Crippen LogP contribution is 2.36. The topological polar surface area (TPSA) is 150 Å². The lowest BCUT2D eigenvalue weighted by atomic mass is 10.2. The average Bonchev–Trinajstić information content (AvgIpc) is 3.53. The molecule has 3 unspecified atom stereocenters. The number of carbonyl (C=O) groups excluding carboxylic acids is 4. The number of hydrazine groups is 1. The third-order valence-corrected chi connectivity index (χ3v) is 7.91. The van der Waals surface area contributed by atoms with Crippen LogP contribution in [-0.2, 0) is 41.6 Å². The number of rotatable bonds is 11. The van der Waals surface area contributed by atoms with Gasteiger partial charge in [0.05, 0.1) is 26.3 Å². The van der Waals surface area contributed by atoms with Crippen LogP contribution in [0.5, 0.6) is 0 Å². The molecule has 2 heterocycles. The van der Waals surface area contributed by atoms with Gasteiger partial charge in [0.25, 0.3) is 0 Å². The van der Waals surface area contributed by atoms with Gasteiger partial charge in [0.15, 0.2) is 11.3 Å². The van der Waals surface area contributed by atoms with Gasteiger partial charge in [-0.2, -0.15) is 9.99 Å². The fourth-order valence-corrected chi connectivity index (χ4v) is 5.92. The molecule has 0 spiro atoms. The number of amides is 3. The van der Waals surface area contributed by atoms with Crippen molar-refractivity contribution in [3.05, 3.63) is 94.5 Å². The van der Waals surface area contributed by atoms with Gasteiger partial charge < -0.3 is 18.9 Å². The molecular weight excluding hydrogens is 630 g/mol. The minimum Gasteiger partial charge on any atom is -0.450 e. The van der Waals surface area contributed by atoms with Crippen LogP contribution in [0, 0.1) is 0 Å². The lowest BCUT2D eigenvalue weighted by Gasteiger charge is -2.33. The first kappa shape index (κ1) is 35.0. The van der Waals surface area contributed by atoms with E-state index >= 15 is 0 Å². The van der Waals surface area contributed by atoms with E-state index in [0.29, 0.717) is 5.56 Å². The smallest absolute Gasteiger partial charge is 0.429 e. The van der Waals surface area contributed by atoms with Crippen LogP contribution in [0.2, 0.25) is 0 Å². The van der Waals surface area contributed by atoms with Crippen molar-refractivity contribution in [2.24, 2.45) is 0 Å². The van der Waals surface area contributed by atoms with Crippen molar-refractivity contribution in [3.8, 4) is 0 Å². The molecule has 0 bridgehead atoms. The molecule has 3 amide bonds. The molecule has 4 rings (SSSR count). The molecule has 47 heavy (non-hydrogen) atoms. The fourth-order valence-electron chi connectivity index (χ4n) is 4.75. The minimum atomic E-state index is -1.19. The highest BCUT2D eigenvalue weighted by Gasteiger charge is 2.42. The molecule has 1 aromatic heterocycles. The summed E-state index contributed by atoms with van der Waals surface area (Å²) >= 11 is 1.24. The molecule has 0 N–H and O–H groups in total. The lowest BCUT2D eigenvalue weighted by Crippen LogP contribution is -2.50. The molecule has 0 aliphatic carbocycles. The predicted octanol–water partition coefficient (Wildman–Crippen LogP) is 4.31. The van der Waals surface area contributed by atoms with E-state index in [-0.39, 0.29) is 37.9 Å². The van der Waals surface area contributed by atoms with Crippen LogP contribution in [0.25, 0.3) is 0 Å². The molecule has 3 aromatic rings. The maximum atomic E-state index is 13.4. The van der Waals surface area contributed by atoms with Crippen molar-refractivity contribution < 1.29 is 38.1 Å². The first-order valence-electron chi connectivity index (χ1n) is 14.9. The van der Waals surface area contributed by atoms with Gasteiger partial charge in [-0.3, -0.25) is 19.1 Å². The maximum absolute atomic E-state index is 13.4. The molecular formula is C32H37N5O9S. The van der Waals surface area contributed by atoms with Gasteiger partial charge in [0, 0.05) is 25.8 Å². The second-order valence-corrected chi connectivity index (χ2v) is 11.3. The van der Waals surface area contributed by atoms with E-state index in [2.05, 4.69) is 4.98 Å². The quantitative estimate of drug-likeness (QED) is 0.125. The van der Waals surface area contributed by atoms with Crippen LogP contribution in [0.1, 0.15) is 45.0 Å². The molecule has 3 atom stereocenters. The Morgan fingerprint density at radius 2 is 1.51 bits per heavy atom. The highest BCUT2D eigenvalue weighted by molar-refractivity contribution is 8.00. The molecule has 1 aliphatic heterocycles. The van der Waals surface area contributed by atoms with Crippen molar-refractivity contribution in [3.63, 3.8) is 0 Å². The Morgan fingerprint density at radius 3 is 2.06 bits per heavy atom. The van der Waals surface area contributed by atoms with Gasteiger partial charge in [0.1, 0.15) is 6.23 Å². The molecule has 1 aliphatic rings. The zero-order valence-corrected chi connectivity index (χ0v) is 27.3. The zero-order valence-electron chi connectivity index (χ0n) is 26.5. The van der Waals surface area contributed by atoms with Crippen molar-refractivity contribution in [1.29, 1.82) is 0 Å². The summed E-state index contributed by atoms with van der Waals surface area (Å²) in [4.78, 5) is 69.8. The third kappa shape index (κ3) is 9.10. The zero-order chi connectivity index (χ0) is 33.9. The number of carbonyl (C=O) groups is 4. The Kier molecular flexibility index (Phi) is 12.4. The summed E-state index contributed by atoms with van der Waals surface area (Å²) in [5, 5.41) is 2.06. The number of anilines is 1. The van der Waals surface area contributed by atoms with E-state index in [1.807, 2.05) is 36.4 Å². The number of thioether (sulfide) groups is 1. The Bertz CT molecular complexity index is 1590. The monoisotopic (exact) mass is 667 g/mol. The number of benzene rings is 2. The highest BCUT2D eigenvalue weighted by atomic mass is 32.2. The van der Waals surface area contributed by atoms with E-state index in [1.54, 1.807) is 38.1 Å². The van der Waals surface area contributed by atoms with Crippen molar-refractivity contribution in [2.75, 3.05) is 24.0 Å². The van der Waals surface area contributed by atoms with E-state index in [9.17, 15) is 24.0 Å². The summed E-state index contributed by atoms with van der Waals surface area (Å²) < 4.78 is 23.5. The Balaban J connectivity index is 1.60. The largest absolute Gasteiger partial charge is 0.450 e. The van der Waals surface area contributed by atoms with Gasteiger partial charge in [-0.25, -0.2) is 19.4 Å². The van der Waals surface area contributed by atoms with Crippen molar-refractivity contribution >= 4 is 41.6 Å². The van der Waals surface area contributed by atoms with E-state index in [0.717, 1.165) is 15.6 Å². The Morgan fingerprint density at radius 1 is 0.915 bits per heavy atom. The summed E-state index contributed by atoms with van der Waals surface area (Å²) in [6.45, 7) is 5.99. The second-order valence-electron chi connectivity index (χ2n) is 10.2. The van der Waals surface area contributed by atoms with Gasteiger partial charge in [-0.15, -0.1) is 11.8 Å². The first-order chi connectivity index (χ1) is 22.6. The van der Waals surface area contributed by atoms with Crippen LogP contribution in [0.4, 0.5) is 15.4 Å². The lowest BCUT2D eigenvalue weighted by molar-refractivity contribution is -0.168. The normalized spacial score (nSPS) is 16.1. The summed E-state index contributed by atoms with van der Waals surface area (Å²) in [6.07, 6.45) is -2.16. The van der Waals surface area contributed by atoms with Crippen LogP contribution < -0.4 is 10.7 Å². The molecule has 1 saturated heterocycles. The number of hydrogen-bond donors (Lipinski definition) is 0. The number of nitrogens with zero attached hydrogens (tertiary/aromatic N) is 5. The summed E-state index contributed by atoms with van der Waals surface area (Å²) in [7, 11) is 0. The molecule has 0 saturated carbocycles. The Hall–Kier alpha value is -4.89. The summed E-state index contributed by atoms with van der Waals surface area (Å²) in [5.74, 6) is -1.07. The molecule has 250 valence electrons. The number of esters is 1. The van der Waals surface area contributed by atoms with Crippen LogP contribution >= 0.6 is 11.8 Å². The molecule has 0 radical (unpaired) electrons. The fraction of sp³-hybridized carbons (Fsp3) is 0.375. The van der Waals surface area contributed by atoms with Crippen LogP contribution in [-0.4, -0.2) is 74.2 Å². The molecule has 14 nitrogen and oxygen atoms in total. The minimum absolute atomic E-state index is 0.0223. The van der Waals surface area contributed by atoms with Crippen LogP contribution in [0.15, 0.2) is 77.7 Å². The maximum Gasteiger partial charge on any atom is 0.429 e. The number of ether oxygens (including phenoxy) is 4. The third-order valence-electron chi connectivity index (χ3n) is 6.76. The van der Waals surface area contributed by atoms with E-state index < -0.39 is 47.6 Å². The van der Waals surface area contributed by atoms with E-state index in [1.165, 1.54) is 47.3 Å². The van der Waals surface area contributed by atoms with Crippen LogP contribution in [0.3, 0.4) is 0 Å². The second kappa shape index (κ2) is 16.6. The van der Waals surface area contributed by atoms with Crippen molar-refractivity contribution in [1.82, 2.24) is 19.5 Å². The molecule has 2 aromatic carbocycles. The van der Waals surface area contributed by atoms with Gasteiger partial charge >= 0.3 is 23.8 Å². The average molecular weight is 668 g/mol. The predicted molar refractivity (Wildman–Crippen MR) is 172 cm³/mol. The number of hydrogen-bond acceptors (Lipinski definition) is 11. The summed E-state index contributed by atoms with van der Waals surface area (Å²) in [6, 6.07) is 19.5. The Labute approximate surface area is 276 Å². The standard InChI is InChI=1S/C32H37N5O9S/c1-5-43-31(41)35(19-24-13-9-7-10-14-24)28(45-23(4)39)29-46-27(21-47-29)34-18-17-26(33-30(34)40)37(22(3)38)36(32(42)44-6-2)20-25-15-11-8-12-16-25/h7-18,27-29H,5-6,19-21H2,1-4H3. The molecule has 1 fully saturated rings. The first-order valence-corrected chi connectivity index (χ1v) is 16.0. The molecule has 15 heteroatoms. The van der Waals surface area contributed by atoms with E-state index in [4.69, 9.17) is 18.9 Å². The van der Waals surface area contributed by atoms with Gasteiger partial charge in [-0.1, -0.05) is 60.7 Å². The van der Waals surface area contributed by atoms with Gasteiger partial charge in [0.2, 0.25) is 12.1 Å². The number of aromatic nitrogens is 2. The summed E-state index contributed by atoms with van der Waals surface area (Å²) in [5.41, 5.74) is -0.164. The van der Waals surface area contributed by atoms with Crippen molar-refractivity contribution in [2.45, 2.75) is 58.7 Å². The van der Waals surface area contributed by atoms with Gasteiger partial charge in [-0.05, 0) is 31.0 Å². The SMILES string of the molecule is CCOC(=O)N(Cc1ccccc1)C(OC(C)=O)C1OC(n2ccc(N(C(C)=O)N(Cc3ccccc3)C(=O)OCC)nc2=O)CS1.